The molecule has 0 aromatic heterocycles. The highest BCUT2D eigenvalue weighted by molar-refractivity contribution is 6.91. The van der Waals surface area contributed by atoms with Gasteiger partial charge in [0.2, 0.25) is 0 Å². The Morgan fingerprint density at radius 3 is 1.77 bits per heavy atom. The van der Waals surface area contributed by atoms with E-state index in [1.165, 1.54) is 0 Å². The summed E-state index contributed by atoms with van der Waals surface area (Å²) in [4.78, 5) is 15.4. The summed E-state index contributed by atoms with van der Waals surface area (Å²) in [6.45, 7) is 5.13. The van der Waals surface area contributed by atoms with E-state index in [2.05, 4.69) is 52.5 Å². The van der Waals surface area contributed by atoms with Crippen molar-refractivity contribution in [1.82, 2.24) is 0 Å². The largest absolute Gasteiger partial charge is 0.654 e. The Morgan fingerprint density at radius 2 is 1.45 bits per heavy atom. The number of rotatable bonds is 3. The third-order valence-corrected chi connectivity index (χ3v) is 5.01. The zero-order valence-corrected chi connectivity index (χ0v) is 18.4. The second-order valence-electron chi connectivity index (χ2n) is 7.14. The predicted molar refractivity (Wildman–Crippen MR) is 131 cm³/mol. The second kappa shape index (κ2) is 10.8. The first kappa shape index (κ1) is 23.4. The van der Waals surface area contributed by atoms with Crippen LogP contribution in [0, 0.1) is 36.2 Å². The van der Waals surface area contributed by atoms with Gasteiger partial charge in [-0.1, -0.05) is 71.6 Å². The Hall–Kier alpha value is -3.87. The summed E-state index contributed by atoms with van der Waals surface area (Å²) in [6, 6.07) is 20.2. The summed E-state index contributed by atoms with van der Waals surface area (Å²) in [5, 5.41) is 0. The molecular formula is C26H25B2NO2. The first-order valence-corrected chi connectivity index (χ1v) is 10.0. The predicted octanol–water partition coefficient (Wildman–Crippen LogP) is 1.07. The fraction of sp³-hybridized carbons (Fsp3) is 0.154. The van der Waals surface area contributed by atoms with E-state index in [0.717, 1.165) is 16.6 Å². The number of ketones is 1. The minimum Gasteiger partial charge on any atom is -0.654 e. The fourth-order valence-electron chi connectivity index (χ4n) is 3.73. The van der Waals surface area contributed by atoms with Crippen molar-refractivity contribution in [2.45, 2.75) is 27.7 Å². The minimum atomic E-state index is -1.64. The standard InChI is InChI=1S/C19H20BNO2.C7H5B/c1-14-19(15(2)22)16(3)23-20(21-14,17-10-6-4-7-11-17)18-12-8-5-9-13-18;1-4-7-8(5-2)6-3/h4-13,21H,1-3H3;2-3H,1H3. The van der Waals surface area contributed by atoms with Crippen molar-refractivity contribution in [1.29, 1.82) is 0 Å². The number of nitrogens with one attached hydrogen (secondary N) is 1. The molecule has 0 spiro atoms. The third-order valence-electron chi connectivity index (χ3n) is 5.01. The molecular weight excluding hydrogens is 380 g/mol. The van der Waals surface area contributed by atoms with E-state index in [4.69, 9.17) is 17.5 Å². The van der Waals surface area contributed by atoms with Gasteiger partial charge < -0.3 is 9.56 Å². The minimum absolute atomic E-state index is 0.0121. The molecule has 0 aliphatic carbocycles. The van der Waals surface area contributed by atoms with Gasteiger partial charge >= 0.3 is 13.2 Å². The smallest absolute Gasteiger partial charge is 0.506 e. The molecule has 1 heterocycles. The van der Waals surface area contributed by atoms with E-state index in [1.54, 1.807) is 13.8 Å². The van der Waals surface area contributed by atoms with Gasteiger partial charge in [0.25, 0.3) is 0 Å². The quantitative estimate of drug-likeness (QED) is 0.614. The maximum absolute atomic E-state index is 11.9. The van der Waals surface area contributed by atoms with E-state index < -0.39 is 6.48 Å². The van der Waals surface area contributed by atoms with Crippen LogP contribution in [-0.2, 0) is 9.45 Å². The first-order valence-electron chi connectivity index (χ1n) is 10.0. The monoisotopic (exact) mass is 405 g/mol. The lowest BCUT2D eigenvalue weighted by Crippen LogP contribution is -3.01. The lowest BCUT2D eigenvalue weighted by atomic mass is 9.42. The molecule has 0 amide bonds. The fourth-order valence-corrected chi connectivity index (χ4v) is 3.73. The molecule has 5 heteroatoms. The van der Waals surface area contributed by atoms with Crippen LogP contribution in [0.3, 0.4) is 0 Å². The Morgan fingerprint density at radius 1 is 0.968 bits per heavy atom. The van der Waals surface area contributed by atoms with Gasteiger partial charge in [0.05, 0.1) is 5.76 Å². The Kier molecular flexibility index (Phi) is 8.14. The molecule has 31 heavy (non-hydrogen) atoms. The van der Waals surface area contributed by atoms with E-state index >= 15 is 0 Å². The van der Waals surface area contributed by atoms with Crippen LogP contribution in [0.4, 0.5) is 0 Å². The average Bonchev–Trinajstić information content (AvgIpc) is 2.78. The average molecular weight is 405 g/mol. The van der Waals surface area contributed by atoms with Crippen molar-refractivity contribution < 1.29 is 14.4 Å². The SMILES string of the molecule is C#CB(C#C)C#CC.CC(=O)C1=C(C)O[B-](c2ccccc2)(c2ccccc2)[NH+]=C1C. The van der Waals surface area contributed by atoms with Gasteiger partial charge in [-0.3, -0.25) is 4.79 Å². The molecule has 1 N–H and O–H groups in total. The number of hydrogen-bond acceptors (Lipinski definition) is 2. The highest BCUT2D eigenvalue weighted by Gasteiger charge is 2.44. The summed E-state index contributed by atoms with van der Waals surface area (Å²) in [5.74, 6) is 10.7. The van der Waals surface area contributed by atoms with Crippen LogP contribution in [-0.4, -0.2) is 24.7 Å². The van der Waals surface area contributed by atoms with Crippen LogP contribution in [0.25, 0.3) is 0 Å². The lowest BCUT2D eigenvalue weighted by Gasteiger charge is -2.37. The summed E-state index contributed by atoms with van der Waals surface area (Å²) >= 11 is 0. The first-order chi connectivity index (χ1) is 14.9. The van der Waals surface area contributed by atoms with Gasteiger partial charge in [-0.2, -0.15) is 0 Å². The molecule has 0 atom stereocenters. The number of carbonyl (C=O) groups is 1. The van der Waals surface area contributed by atoms with Crippen LogP contribution in [0.15, 0.2) is 72.0 Å². The molecule has 152 valence electrons. The number of benzene rings is 2. The zero-order valence-electron chi connectivity index (χ0n) is 18.4. The number of terminal acetylenes is 2. The maximum atomic E-state index is 11.9. The topological polar surface area (TPSA) is 40.3 Å². The van der Waals surface area contributed by atoms with Gasteiger partial charge in [-0.05, 0) is 20.8 Å². The number of carbonyl (C=O) groups excluding carboxylic acids is 1. The second-order valence-corrected chi connectivity index (χ2v) is 7.14. The van der Waals surface area contributed by atoms with Gasteiger partial charge in [-0.15, -0.1) is 36.2 Å². The van der Waals surface area contributed by atoms with Crippen molar-refractivity contribution >= 4 is 35.6 Å². The number of Topliss-reactive ketones (excluding diaryl/α,β-unsaturated/α-hetero) is 1. The van der Waals surface area contributed by atoms with Crippen molar-refractivity contribution in [2.75, 3.05) is 0 Å². The van der Waals surface area contributed by atoms with Gasteiger partial charge in [0.1, 0.15) is 11.3 Å². The van der Waals surface area contributed by atoms with Crippen LogP contribution in [0.1, 0.15) is 27.7 Å². The van der Waals surface area contributed by atoms with Gasteiger partial charge in [0, 0.05) is 6.92 Å². The Labute approximate surface area is 186 Å². The lowest BCUT2D eigenvalue weighted by molar-refractivity contribution is -0.324. The maximum Gasteiger partial charge on any atom is 0.506 e. The summed E-state index contributed by atoms with van der Waals surface area (Å²) < 4.78 is 6.38. The van der Waals surface area contributed by atoms with Gasteiger partial charge in [-0.25, -0.2) is 0 Å². The van der Waals surface area contributed by atoms with Gasteiger partial charge in [0.15, 0.2) is 5.78 Å². The number of allylic oxidation sites excluding steroid dienone is 2. The molecule has 0 radical (unpaired) electrons. The van der Waals surface area contributed by atoms with Crippen molar-refractivity contribution in [2.24, 2.45) is 0 Å². The summed E-state index contributed by atoms with van der Waals surface area (Å²) in [6.07, 6.45) is 9.95. The molecule has 0 fully saturated rings. The number of hydrogen-bond donors (Lipinski definition) is 1. The molecule has 0 saturated carbocycles. The highest BCUT2D eigenvalue weighted by Crippen LogP contribution is 2.15. The molecule has 0 unspecified atom stereocenters. The van der Waals surface area contributed by atoms with E-state index in [1.807, 2.05) is 50.2 Å². The third kappa shape index (κ3) is 5.39. The molecule has 1 aliphatic rings. The van der Waals surface area contributed by atoms with Crippen LogP contribution in [0.5, 0.6) is 0 Å². The molecule has 2 aromatic rings. The van der Waals surface area contributed by atoms with Crippen LogP contribution in [0.2, 0.25) is 0 Å². The van der Waals surface area contributed by atoms with Crippen LogP contribution < -0.4 is 15.8 Å². The molecule has 2 aromatic carbocycles. The van der Waals surface area contributed by atoms with E-state index in [9.17, 15) is 4.79 Å². The molecule has 3 rings (SSSR count). The van der Waals surface area contributed by atoms with Crippen molar-refractivity contribution in [3.63, 3.8) is 0 Å². The van der Waals surface area contributed by atoms with Crippen LogP contribution >= 0.6 is 0 Å². The summed E-state index contributed by atoms with van der Waals surface area (Å²) in [5.41, 5.74) is 3.60. The Bertz CT molecular complexity index is 1090. The van der Waals surface area contributed by atoms with Crippen molar-refractivity contribution in [3.05, 3.63) is 72.0 Å². The van der Waals surface area contributed by atoms with E-state index in [0.29, 0.717) is 11.3 Å². The molecule has 0 bridgehead atoms. The normalized spacial score (nSPS) is 13.5. The summed E-state index contributed by atoms with van der Waals surface area (Å²) in [7, 11) is 0. The molecule has 3 nitrogen and oxygen atoms in total. The Balaban J connectivity index is 0.000000366. The zero-order chi connectivity index (χ0) is 22.9. The highest BCUT2D eigenvalue weighted by atomic mass is 16.5. The van der Waals surface area contributed by atoms with E-state index in [-0.39, 0.29) is 12.5 Å². The molecule has 0 saturated heterocycles. The van der Waals surface area contributed by atoms with Crippen molar-refractivity contribution in [3.8, 4) is 36.2 Å². The molecule has 1 aliphatic heterocycles.